The van der Waals surface area contributed by atoms with Crippen molar-refractivity contribution in [3.05, 3.63) is 71.9 Å². The molecule has 5 rings (SSSR count). The third-order valence-electron chi connectivity index (χ3n) is 6.73. The van der Waals surface area contributed by atoms with Crippen molar-refractivity contribution in [1.29, 1.82) is 0 Å². The topological polar surface area (TPSA) is 48.0 Å². The quantitative estimate of drug-likeness (QED) is 0.358. The van der Waals surface area contributed by atoms with Crippen LogP contribution in [0.25, 0.3) is 16.8 Å². The second kappa shape index (κ2) is 9.49. The summed E-state index contributed by atoms with van der Waals surface area (Å²) in [5.41, 5.74) is 6.83. The lowest BCUT2D eigenvalue weighted by molar-refractivity contribution is 0.348. The average Bonchev–Trinajstić information content (AvgIpc) is 3.46. The average molecular weight is 446 g/mol. The molecule has 1 fully saturated rings. The van der Waals surface area contributed by atoms with Crippen LogP contribution in [-0.2, 0) is 13.0 Å². The molecular weight excluding hydrogens is 414 g/mol. The lowest BCUT2D eigenvalue weighted by Crippen LogP contribution is -2.16. The number of benzene rings is 1. The first kappa shape index (κ1) is 21.3. The predicted octanol–water partition coefficient (Wildman–Crippen LogP) is 5.84. The van der Waals surface area contributed by atoms with Gasteiger partial charge in [-0.15, -0.1) is 0 Å². The first-order valence-corrected chi connectivity index (χ1v) is 13.1. The Labute approximate surface area is 194 Å². The highest BCUT2D eigenvalue weighted by Crippen LogP contribution is 2.37. The van der Waals surface area contributed by atoms with Crippen LogP contribution >= 0.6 is 11.8 Å². The number of hydrogen-bond donors (Lipinski definition) is 0. The highest BCUT2D eigenvalue weighted by atomic mass is 32.2. The zero-order chi connectivity index (χ0) is 21.9. The van der Waals surface area contributed by atoms with Gasteiger partial charge in [0, 0.05) is 34.6 Å². The molecule has 3 aromatic heterocycles. The lowest BCUT2D eigenvalue weighted by Gasteiger charge is -2.28. The molecule has 6 heteroatoms. The molecule has 1 aromatic carbocycles. The van der Waals surface area contributed by atoms with Gasteiger partial charge in [-0.1, -0.05) is 37.3 Å². The Morgan fingerprint density at radius 2 is 1.84 bits per heavy atom. The molecular formula is C26H31N5S. The van der Waals surface area contributed by atoms with E-state index in [0.717, 1.165) is 35.7 Å². The minimum atomic E-state index is 0.562. The van der Waals surface area contributed by atoms with Crippen LogP contribution in [0.5, 0.6) is 0 Å². The molecule has 0 radical (unpaired) electrons. The fourth-order valence-electron chi connectivity index (χ4n) is 4.93. The van der Waals surface area contributed by atoms with Crippen molar-refractivity contribution in [3.8, 4) is 11.1 Å². The van der Waals surface area contributed by atoms with Gasteiger partial charge in [-0.3, -0.25) is 4.68 Å². The Hall–Kier alpha value is -2.60. The van der Waals surface area contributed by atoms with Crippen LogP contribution in [0, 0.1) is 5.92 Å². The highest BCUT2D eigenvalue weighted by molar-refractivity contribution is 7.98. The monoisotopic (exact) mass is 445 g/mol. The van der Waals surface area contributed by atoms with Gasteiger partial charge in [0.05, 0.1) is 18.9 Å². The summed E-state index contributed by atoms with van der Waals surface area (Å²) in [6, 6.07) is 12.7. The maximum atomic E-state index is 5.17. The number of nitrogens with zero attached hydrogens (tertiary/aromatic N) is 5. The molecule has 0 spiro atoms. The minimum Gasteiger partial charge on any atom is -0.268 e. The Morgan fingerprint density at radius 1 is 1.03 bits per heavy atom. The van der Waals surface area contributed by atoms with Crippen molar-refractivity contribution in [2.75, 3.05) is 12.0 Å². The van der Waals surface area contributed by atoms with Crippen molar-refractivity contribution in [2.24, 2.45) is 5.92 Å². The van der Waals surface area contributed by atoms with E-state index in [0.29, 0.717) is 5.92 Å². The van der Waals surface area contributed by atoms with E-state index >= 15 is 0 Å². The highest BCUT2D eigenvalue weighted by Gasteiger charge is 2.24. The number of hydrogen-bond acceptors (Lipinski definition) is 4. The zero-order valence-corrected chi connectivity index (χ0v) is 19.8. The van der Waals surface area contributed by atoms with Gasteiger partial charge in [0.15, 0.2) is 5.65 Å². The van der Waals surface area contributed by atoms with Crippen LogP contribution in [0.2, 0.25) is 0 Å². The Balaban J connectivity index is 1.44. The van der Waals surface area contributed by atoms with Crippen LogP contribution in [0.4, 0.5) is 0 Å². The van der Waals surface area contributed by atoms with Crippen LogP contribution < -0.4 is 0 Å². The van der Waals surface area contributed by atoms with E-state index in [2.05, 4.69) is 54.8 Å². The van der Waals surface area contributed by atoms with Gasteiger partial charge in [-0.25, -0.2) is 9.50 Å². The van der Waals surface area contributed by atoms with Gasteiger partial charge >= 0.3 is 0 Å². The zero-order valence-electron chi connectivity index (χ0n) is 18.9. The molecule has 0 unspecified atom stereocenters. The molecule has 0 N–H and O–H groups in total. The summed E-state index contributed by atoms with van der Waals surface area (Å²) in [6.07, 6.45) is 14.3. The number of fused-ring (bicyclic) bond motifs is 1. The molecule has 0 aliphatic heterocycles. The summed E-state index contributed by atoms with van der Waals surface area (Å²) in [5.74, 6) is 2.72. The van der Waals surface area contributed by atoms with Gasteiger partial charge in [-0.05, 0) is 61.7 Å². The maximum absolute atomic E-state index is 5.17. The standard InChI is InChI=1S/C26H31N5S/c1-3-23-13-25(21-11-9-20(10-12-21)18-32-2)29-26-24(15-28-31(23)26)22-14-27-30(17-22)16-19-7-5-4-6-8-19/h4-8,13-15,17,20-21H,3,9-12,16,18H2,1-2H3. The van der Waals surface area contributed by atoms with Gasteiger partial charge in [0.25, 0.3) is 0 Å². The number of aromatic nitrogens is 5. The summed E-state index contributed by atoms with van der Waals surface area (Å²) >= 11 is 1.98. The molecule has 0 atom stereocenters. The Kier molecular flexibility index (Phi) is 6.30. The van der Waals surface area contributed by atoms with E-state index in [4.69, 9.17) is 10.1 Å². The minimum absolute atomic E-state index is 0.562. The van der Waals surface area contributed by atoms with Gasteiger partial charge < -0.3 is 0 Å². The molecule has 4 aromatic rings. The molecule has 166 valence electrons. The molecule has 0 amide bonds. The summed E-state index contributed by atoms with van der Waals surface area (Å²) in [7, 11) is 0. The molecule has 5 nitrogen and oxygen atoms in total. The van der Waals surface area contributed by atoms with Crippen molar-refractivity contribution in [1.82, 2.24) is 24.4 Å². The summed E-state index contributed by atoms with van der Waals surface area (Å²) in [4.78, 5) is 5.17. The largest absolute Gasteiger partial charge is 0.268 e. The smallest absolute Gasteiger partial charge is 0.163 e. The maximum Gasteiger partial charge on any atom is 0.163 e. The van der Waals surface area contributed by atoms with Crippen molar-refractivity contribution < 1.29 is 0 Å². The predicted molar refractivity (Wildman–Crippen MR) is 132 cm³/mol. The fraction of sp³-hybridized carbons (Fsp3) is 0.423. The normalized spacial score (nSPS) is 18.9. The first-order valence-electron chi connectivity index (χ1n) is 11.7. The van der Waals surface area contributed by atoms with E-state index in [-0.39, 0.29) is 0 Å². The molecule has 1 aliphatic carbocycles. The lowest BCUT2D eigenvalue weighted by atomic mass is 9.81. The van der Waals surface area contributed by atoms with Crippen molar-refractivity contribution in [2.45, 2.75) is 51.5 Å². The van der Waals surface area contributed by atoms with Crippen LogP contribution in [0.1, 0.15) is 55.5 Å². The Morgan fingerprint density at radius 3 is 2.59 bits per heavy atom. The van der Waals surface area contributed by atoms with E-state index in [9.17, 15) is 0 Å². The van der Waals surface area contributed by atoms with E-state index in [1.165, 1.54) is 48.4 Å². The molecule has 1 aliphatic rings. The Bertz CT molecular complexity index is 1170. The third kappa shape index (κ3) is 4.33. The summed E-state index contributed by atoms with van der Waals surface area (Å²) in [6.45, 7) is 2.96. The number of thioether (sulfide) groups is 1. The second-order valence-corrected chi connectivity index (χ2v) is 9.82. The SMILES string of the molecule is CCc1cc(C2CCC(CSC)CC2)nc2c(-c3cnn(Cc4ccccc4)c3)cnn12. The molecule has 1 saturated carbocycles. The molecule has 32 heavy (non-hydrogen) atoms. The molecule has 3 heterocycles. The second-order valence-electron chi connectivity index (χ2n) is 8.90. The van der Waals surface area contributed by atoms with E-state index in [1.54, 1.807) is 0 Å². The molecule has 0 saturated heterocycles. The first-order chi connectivity index (χ1) is 15.7. The van der Waals surface area contributed by atoms with E-state index in [1.807, 2.05) is 39.4 Å². The van der Waals surface area contributed by atoms with Crippen LogP contribution in [0.3, 0.4) is 0 Å². The van der Waals surface area contributed by atoms with Gasteiger partial charge in [0.2, 0.25) is 0 Å². The van der Waals surface area contributed by atoms with Crippen molar-refractivity contribution >= 4 is 17.4 Å². The van der Waals surface area contributed by atoms with Crippen LogP contribution in [-0.4, -0.2) is 36.4 Å². The van der Waals surface area contributed by atoms with Crippen LogP contribution in [0.15, 0.2) is 55.0 Å². The van der Waals surface area contributed by atoms with Crippen molar-refractivity contribution in [3.63, 3.8) is 0 Å². The molecule has 0 bridgehead atoms. The fourth-order valence-corrected chi connectivity index (χ4v) is 5.74. The summed E-state index contributed by atoms with van der Waals surface area (Å²) < 4.78 is 4.01. The number of aryl methyl sites for hydroxylation is 1. The van der Waals surface area contributed by atoms with Gasteiger partial charge in [0.1, 0.15) is 0 Å². The number of rotatable bonds is 7. The third-order valence-corrected chi connectivity index (χ3v) is 7.53. The summed E-state index contributed by atoms with van der Waals surface area (Å²) in [5, 5.41) is 9.30. The van der Waals surface area contributed by atoms with Gasteiger partial charge in [-0.2, -0.15) is 22.0 Å². The van der Waals surface area contributed by atoms with E-state index < -0.39 is 0 Å².